The molecule has 0 aromatic carbocycles. The van der Waals surface area contributed by atoms with Crippen LogP contribution in [0.1, 0.15) is 21.7 Å². The van der Waals surface area contributed by atoms with E-state index in [2.05, 4.69) is 15.4 Å². The summed E-state index contributed by atoms with van der Waals surface area (Å²) in [5.41, 5.74) is 2.31. The predicted octanol–water partition coefficient (Wildman–Crippen LogP) is 0.978. The van der Waals surface area contributed by atoms with E-state index >= 15 is 0 Å². The van der Waals surface area contributed by atoms with Crippen LogP contribution in [-0.2, 0) is 7.05 Å². The van der Waals surface area contributed by atoms with E-state index in [-0.39, 0.29) is 11.5 Å². The van der Waals surface area contributed by atoms with Gasteiger partial charge in [-0.25, -0.2) is 0 Å². The van der Waals surface area contributed by atoms with Gasteiger partial charge in [0.15, 0.2) is 0 Å². The number of anilines is 1. The number of pyridine rings is 1. The summed E-state index contributed by atoms with van der Waals surface area (Å²) >= 11 is 0. The standard InChI is InChI=1S/C12H14N4O2/c1-7-11(8(2)16(3)15-7)14-12(18)9-4-5-13-10(17)6-9/h4-6H,1-3H3,(H,13,17)(H,14,18). The number of hydrogen-bond donors (Lipinski definition) is 2. The maximum Gasteiger partial charge on any atom is 0.256 e. The van der Waals surface area contributed by atoms with Crippen LogP contribution in [-0.4, -0.2) is 20.7 Å². The van der Waals surface area contributed by atoms with Crippen molar-refractivity contribution in [2.45, 2.75) is 13.8 Å². The van der Waals surface area contributed by atoms with Crippen molar-refractivity contribution >= 4 is 11.6 Å². The van der Waals surface area contributed by atoms with Crippen LogP contribution in [0.2, 0.25) is 0 Å². The van der Waals surface area contributed by atoms with Crippen molar-refractivity contribution in [3.63, 3.8) is 0 Å². The van der Waals surface area contributed by atoms with Crippen molar-refractivity contribution in [1.29, 1.82) is 0 Å². The van der Waals surface area contributed by atoms with Gasteiger partial charge in [-0.2, -0.15) is 5.10 Å². The van der Waals surface area contributed by atoms with Crippen LogP contribution in [0.15, 0.2) is 23.1 Å². The molecule has 0 aliphatic carbocycles. The molecule has 94 valence electrons. The largest absolute Gasteiger partial charge is 0.329 e. The van der Waals surface area contributed by atoms with Gasteiger partial charge in [0, 0.05) is 24.9 Å². The number of carbonyl (C=O) groups is 1. The summed E-state index contributed by atoms with van der Waals surface area (Å²) in [7, 11) is 1.81. The maximum atomic E-state index is 12.0. The fourth-order valence-electron chi connectivity index (χ4n) is 1.73. The third-order valence-corrected chi connectivity index (χ3v) is 2.78. The highest BCUT2D eigenvalue weighted by Crippen LogP contribution is 2.18. The normalized spacial score (nSPS) is 10.4. The topological polar surface area (TPSA) is 79.8 Å². The molecule has 2 rings (SSSR count). The zero-order valence-corrected chi connectivity index (χ0v) is 10.4. The first-order valence-electron chi connectivity index (χ1n) is 5.49. The molecule has 0 aliphatic rings. The third-order valence-electron chi connectivity index (χ3n) is 2.78. The summed E-state index contributed by atoms with van der Waals surface area (Å²) in [5, 5.41) is 6.98. The molecule has 2 heterocycles. The molecular formula is C12H14N4O2. The molecule has 6 heteroatoms. The lowest BCUT2D eigenvalue weighted by Gasteiger charge is -2.05. The number of carbonyl (C=O) groups excluding carboxylic acids is 1. The molecule has 0 saturated carbocycles. The quantitative estimate of drug-likeness (QED) is 0.828. The number of H-pyrrole nitrogens is 1. The molecule has 0 aliphatic heterocycles. The molecule has 6 nitrogen and oxygen atoms in total. The minimum atomic E-state index is -0.319. The highest BCUT2D eigenvalue weighted by molar-refractivity contribution is 6.04. The Balaban J connectivity index is 2.29. The molecule has 18 heavy (non-hydrogen) atoms. The van der Waals surface area contributed by atoms with Gasteiger partial charge >= 0.3 is 0 Å². The van der Waals surface area contributed by atoms with Crippen molar-refractivity contribution in [2.75, 3.05) is 5.32 Å². The molecule has 0 fully saturated rings. The van der Waals surface area contributed by atoms with Crippen molar-refractivity contribution in [3.05, 3.63) is 45.6 Å². The van der Waals surface area contributed by atoms with E-state index in [9.17, 15) is 9.59 Å². The van der Waals surface area contributed by atoms with E-state index < -0.39 is 0 Å². The highest BCUT2D eigenvalue weighted by atomic mass is 16.2. The van der Waals surface area contributed by atoms with E-state index in [4.69, 9.17) is 0 Å². The second-order valence-electron chi connectivity index (χ2n) is 4.07. The van der Waals surface area contributed by atoms with Crippen LogP contribution in [0.25, 0.3) is 0 Å². The average molecular weight is 246 g/mol. The van der Waals surface area contributed by atoms with Crippen molar-refractivity contribution in [1.82, 2.24) is 14.8 Å². The molecule has 0 radical (unpaired) electrons. The third kappa shape index (κ3) is 2.17. The first-order valence-corrected chi connectivity index (χ1v) is 5.49. The summed E-state index contributed by atoms with van der Waals surface area (Å²) in [6, 6.07) is 2.81. The number of amides is 1. The second-order valence-corrected chi connectivity index (χ2v) is 4.07. The van der Waals surface area contributed by atoms with Crippen LogP contribution < -0.4 is 10.9 Å². The van der Waals surface area contributed by atoms with Crippen LogP contribution >= 0.6 is 0 Å². The van der Waals surface area contributed by atoms with Gasteiger partial charge in [0.2, 0.25) is 5.56 Å². The van der Waals surface area contributed by atoms with Gasteiger partial charge in [-0.15, -0.1) is 0 Å². The molecule has 0 spiro atoms. The molecule has 2 aromatic heterocycles. The maximum absolute atomic E-state index is 12.0. The Bertz CT molecular complexity index is 654. The van der Waals surface area contributed by atoms with Gasteiger partial charge in [0.1, 0.15) is 0 Å². The van der Waals surface area contributed by atoms with E-state index in [0.29, 0.717) is 11.3 Å². The predicted molar refractivity (Wildman–Crippen MR) is 67.7 cm³/mol. The van der Waals surface area contributed by atoms with Crippen LogP contribution in [0.5, 0.6) is 0 Å². The Morgan fingerprint density at radius 3 is 2.72 bits per heavy atom. The van der Waals surface area contributed by atoms with Gasteiger partial charge in [-0.3, -0.25) is 14.3 Å². The molecule has 0 atom stereocenters. The molecule has 1 amide bonds. The van der Waals surface area contributed by atoms with Crippen molar-refractivity contribution in [3.8, 4) is 0 Å². The Morgan fingerprint density at radius 1 is 1.44 bits per heavy atom. The van der Waals surface area contributed by atoms with Gasteiger partial charge in [0.05, 0.1) is 17.1 Å². The van der Waals surface area contributed by atoms with Crippen molar-refractivity contribution in [2.24, 2.45) is 7.05 Å². The number of aromatic amines is 1. The number of rotatable bonds is 2. The van der Waals surface area contributed by atoms with E-state index in [1.165, 1.54) is 12.3 Å². The van der Waals surface area contributed by atoms with E-state index in [1.54, 1.807) is 10.7 Å². The van der Waals surface area contributed by atoms with Crippen LogP contribution in [0.4, 0.5) is 5.69 Å². The average Bonchev–Trinajstić information content (AvgIpc) is 2.56. The summed E-state index contributed by atoms with van der Waals surface area (Å²) in [4.78, 5) is 25.6. The lowest BCUT2D eigenvalue weighted by molar-refractivity contribution is 0.102. The van der Waals surface area contributed by atoms with Crippen molar-refractivity contribution < 1.29 is 4.79 Å². The first-order chi connectivity index (χ1) is 8.49. The summed E-state index contributed by atoms with van der Waals surface area (Å²) in [6.07, 6.45) is 1.44. The molecule has 2 aromatic rings. The number of hydrogen-bond acceptors (Lipinski definition) is 3. The monoisotopic (exact) mass is 246 g/mol. The molecule has 0 bridgehead atoms. The fraction of sp³-hybridized carbons (Fsp3) is 0.250. The smallest absolute Gasteiger partial charge is 0.256 e. The van der Waals surface area contributed by atoms with E-state index in [1.807, 2.05) is 20.9 Å². The Kier molecular flexibility index (Phi) is 3.01. The second kappa shape index (κ2) is 4.48. The molecule has 2 N–H and O–H groups in total. The molecule has 0 unspecified atom stereocenters. The van der Waals surface area contributed by atoms with Gasteiger partial charge in [0.25, 0.3) is 5.91 Å². The minimum Gasteiger partial charge on any atom is -0.329 e. The highest BCUT2D eigenvalue weighted by Gasteiger charge is 2.13. The minimum absolute atomic E-state index is 0.303. The van der Waals surface area contributed by atoms with E-state index in [0.717, 1.165) is 11.4 Å². The van der Waals surface area contributed by atoms with Crippen LogP contribution in [0, 0.1) is 13.8 Å². The Labute approximate surface area is 104 Å². The zero-order chi connectivity index (χ0) is 13.3. The van der Waals surface area contributed by atoms with Crippen LogP contribution in [0.3, 0.4) is 0 Å². The number of aromatic nitrogens is 3. The Hall–Kier alpha value is -2.37. The summed E-state index contributed by atoms with van der Waals surface area (Å²) in [5.74, 6) is -0.319. The lowest BCUT2D eigenvalue weighted by Crippen LogP contribution is -2.16. The lowest BCUT2D eigenvalue weighted by atomic mass is 10.2. The van der Waals surface area contributed by atoms with Gasteiger partial charge in [-0.1, -0.05) is 0 Å². The molecule has 0 saturated heterocycles. The summed E-state index contributed by atoms with van der Waals surface area (Å²) < 4.78 is 1.70. The number of nitrogens with one attached hydrogen (secondary N) is 2. The fourth-order valence-corrected chi connectivity index (χ4v) is 1.73. The SMILES string of the molecule is Cc1nn(C)c(C)c1NC(=O)c1cc[nH]c(=O)c1. The summed E-state index contributed by atoms with van der Waals surface area (Å²) in [6.45, 7) is 3.69. The molecular weight excluding hydrogens is 232 g/mol. The Morgan fingerprint density at radius 2 is 2.17 bits per heavy atom. The number of aryl methyl sites for hydroxylation is 2. The van der Waals surface area contributed by atoms with Gasteiger partial charge < -0.3 is 10.3 Å². The van der Waals surface area contributed by atoms with Gasteiger partial charge in [-0.05, 0) is 19.9 Å². The first kappa shape index (κ1) is 12.1. The zero-order valence-electron chi connectivity index (χ0n) is 10.4. The number of nitrogens with zero attached hydrogens (tertiary/aromatic N) is 2.